The lowest BCUT2D eigenvalue weighted by molar-refractivity contribution is -0.0442. The highest BCUT2D eigenvalue weighted by Gasteiger charge is 2.50. The number of amides is 4. The molecule has 2 bridgehead atoms. The Labute approximate surface area is 313 Å². The Bertz CT molecular complexity index is 1820. The van der Waals surface area contributed by atoms with Crippen LogP contribution in [0.5, 0.6) is 11.5 Å². The van der Waals surface area contributed by atoms with Gasteiger partial charge in [0.2, 0.25) is 0 Å². The van der Waals surface area contributed by atoms with Gasteiger partial charge in [-0.3, -0.25) is 9.36 Å². The smallest absolute Gasteiger partial charge is 0.317 e. The molecule has 6 rings (SSSR count). The number of ether oxygens (including phenoxy) is 2. The first-order valence-electron chi connectivity index (χ1n) is 18.5. The summed E-state index contributed by atoms with van der Waals surface area (Å²) >= 11 is 0. The molecule has 2 fully saturated rings. The van der Waals surface area contributed by atoms with E-state index in [2.05, 4.69) is 62.4 Å². The van der Waals surface area contributed by atoms with Crippen molar-refractivity contribution in [1.29, 1.82) is 0 Å². The number of likely N-dealkylation sites (tertiary alicyclic amines) is 2. The van der Waals surface area contributed by atoms with Gasteiger partial charge >= 0.3 is 12.1 Å². The number of nitrogens with zero attached hydrogens (tertiary/aromatic N) is 6. The maximum absolute atomic E-state index is 13.7. The predicted octanol–water partition coefficient (Wildman–Crippen LogP) is 6.20. The monoisotopic (exact) mass is 724 g/mol. The molecule has 2 aliphatic rings. The molecule has 0 aliphatic carbocycles. The van der Waals surface area contributed by atoms with Crippen molar-refractivity contribution in [2.75, 3.05) is 40.4 Å². The topological polar surface area (TPSA) is 119 Å². The fourth-order valence-corrected chi connectivity index (χ4v) is 8.60. The Hall–Kier alpha value is -5.00. The second-order valence-electron chi connectivity index (χ2n) is 16.1. The van der Waals surface area contributed by atoms with Gasteiger partial charge in [-0.05, 0) is 93.5 Å². The molecule has 12 nitrogen and oxygen atoms in total. The minimum absolute atomic E-state index is 0.0821. The Kier molecular flexibility index (Phi) is 10.5. The lowest BCUT2D eigenvalue weighted by atomic mass is 9.65. The molecule has 2 N–H and O–H groups in total. The van der Waals surface area contributed by atoms with Crippen LogP contribution in [-0.4, -0.2) is 81.8 Å². The van der Waals surface area contributed by atoms with Crippen LogP contribution in [0.15, 0.2) is 36.7 Å². The van der Waals surface area contributed by atoms with Gasteiger partial charge in [0.15, 0.2) is 0 Å². The number of aryl methyl sites for hydroxylation is 4. The highest BCUT2D eigenvalue weighted by atomic mass is 16.5. The van der Waals surface area contributed by atoms with Gasteiger partial charge in [-0.15, -0.1) is 0 Å². The molecule has 0 unspecified atom stereocenters. The standard InChI is InChI=1S/C41H56N8O4/c1-26-17-48(44-30(26)5)19-34-28(3)32(11-13-36(34)52-9)15-42-38(50)46-22-40(7)21-41(8,23-46)25-47(24-40)39(51)43-16-33-12-14-37(53-10)35(29(33)4)20-49-18-27(2)31(6)45-49/h11-14,17-18H,15-16,19-25H2,1-10H3,(H,42,50)(H,43,51). The number of benzene rings is 2. The van der Waals surface area contributed by atoms with Crippen molar-refractivity contribution in [3.63, 3.8) is 0 Å². The average Bonchev–Trinajstić information content (AvgIpc) is 3.60. The van der Waals surface area contributed by atoms with Crippen molar-refractivity contribution in [3.05, 3.63) is 92.6 Å². The zero-order valence-electron chi connectivity index (χ0n) is 33.1. The summed E-state index contributed by atoms with van der Waals surface area (Å²) in [4.78, 5) is 31.3. The van der Waals surface area contributed by atoms with Gasteiger partial charge in [-0.25, -0.2) is 9.59 Å². The maximum Gasteiger partial charge on any atom is 0.317 e. The first-order chi connectivity index (χ1) is 25.1. The van der Waals surface area contributed by atoms with Crippen LogP contribution >= 0.6 is 0 Å². The lowest BCUT2D eigenvalue weighted by Crippen LogP contribution is -2.65. The van der Waals surface area contributed by atoms with Crippen LogP contribution in [0, 0.1) is 52.4 Å². The summed E-state index contributed by atoms with van der Waals surface area (Å²) in [6.07, 6.45) is 5.05. The van der Waals surface area contributed by atoms with E-state index in [-0.39, 0.29) is 22.9 Å². The highest BCUT2D eigenvalue weighted by Crippen LogP contribution is 2.45. The van der Waals surface area contributed by atoms with Crippen molar-refractivity contribution in [2.24, 2.45) is 10.8 Å². The number of methoxy groups -OCH3 is 2. The van der Waals surface area contributed by atoms with E-state index in [1.54, 1.807) is 14.2 Å². The van der Waals surface area contributed by atoms with E-state index in [0.29, 0.717) is 52.4 Å². The average molecular weight is 725 g/mol. The molecule has 0 radical (unpaired) electrons. The van der Waals surface area contributed by atoms with Crippen LogP contribution in [0.1, 0.15) is 76.2 Å². The molecule has 2 aromatic heterocycles. The van der Waals surface area contributed by atoms with Gasteiger partial charge in [0.05, 0.1) is 38.7 Å². The van der Waals surface area contributed by atoms with Gasteiger partial charge in [-0.1, -0.05) is 26.0 Å². The number of hydrogen-bond donors (Lipinski definition) is 2. The van der Waals surface area contributed by atoms with Crippen LogP contribution in [0.3, 0.4) is 0 Å². The molecule has 4 amide bonds. The minimum Gasteiger partial charge on any atom is -0.496 e. The van der Waals surface area contributed by atoms with Crippen molar-refractivity contribution >= 4 is 12.1 Å². The van der Waals surface area contributed by atoms with E-state index < -0.39 is 0 Å². The van der Waals surface area contributed by atoms with Gasteiger partial charge in [-0.2, -0.15) is 10.2 Å². The molecule has 2 aliphatic heterocycles. The fourth-order valence-electron chi connectivity index (χ4n) is 8.60. The maximum atomic E-state index is 13.7. The third kappa shape index (κ3) is 8.01. The first-order valence-corrected chi connectivity index (χ1v) is 18.5. The highest BCUT2D eigenvalue weighted by molar-refractivity contribution is 5.76. The van der Waals surface area contributed by atoms with E-state index in [1.165, 1.54) is 0 Å². The number of hydrogen-bond acceptors (Lipinski definition) is 6. The third-order valence-electron chi connectivity index (χ3n) is 11.4. The molecule has 284 valence electrons. The van der Waals surface area contributed by atoms with Gasteiger partial charge < -0.3 is 29.9 Å². The Morgan fingerprint density at radius 3 is 1.36 bits per heavy atom. The van der Waals surface area contributed by atoms with Crippen LogP contribution in [0.2, 0.25) is 0 Å². The largest absolute Gasteiger partial charge is 0.496 e. The molecule has 4 aromatic rings. The molecule has 0 atom stereocenters. The fraction of sp³-hybridized carbons (Fsp3) is 0.512. The van der Waals surface area contributed by atoms with Crippen molar-refractivity contribution in [2.45, 2.75) is 88.0 Å². The first kappa shape index (κ1) is 37.7. The van der Waals surface area contributed by atoms with Crippen LogP contribution in [0.25, 0.3) is 0 Å². The number of aromatic nitrogens is 4. The summed E-state index contributed by atoms with van der Waals surface area (Å²) in [6, 6.07) is 7.83. The number of piperidine rings is 2. The second-order valence-corrected chi connectivity index (χ2v) is 16.1. The van der Waals surface area contributed by atoms with Crippen LogP contribution in [0.4, 0.5) is 9.59 Å². The molecule has 2 aromatic carbocycles. The summed E-state index contributed by atoms with van der Waals surface area (Å²) < 4.78 is 15.3. The second kappa shape index (κ2) is 14.8. The summed E-state index contributed by atoms with van der Waals surface area (Å²) in [5.41, 5.74) is 10.2. The van der Waals surface area contributed by atoms with Crippen molar-refractivity contribution in [3.8, 4) is 11.5 Å². The van der Waals surface area contributed by atoms with E-state index in [0.717, 1.165) is 73.8 Å². The van der Waals surface area contributed by atoms with E-state index in [1.807, 2.05) is 69.7 Å². The van der Waals surface area contributed by atoms with Crippen LogP contribution < -0.4 is 20.1 Å². The van der Waals surface area contributed by atoms with E-state index in [9.17, 15) is 9.59 Å². The zero-order valence-corrected chi connectivity index (χ0v) is 33.1. The van der Waals surface area contributed by atoms with Crippen molar-refractivity contribution in [1.82, 2.24) is 40.0 Å². The Morgan fingerprint density at radius 1 is 0.660 bits per heavy atom. The summed E-state index contributed by atoms with van der Waals surface area (Å²) in [7, 11) is 3.36. The van der Waals surface area contributed by atoms with E-state index in [4.69, 9.17) is 9.47 Å². The molecular formula is C41H56N8O4. The predicted molar refractivity (Wildman–Crippen MR) is 206 cm³/mol. The molecule has 53 heavy (non-hydrogen) atoms. The molecule has 0 saturated carbocycles. The quantitative estimate of drug-likeness (QED) is 0.201. The molecule has 0 spiro atoms. The normalized spacial score (nSPS) is 19.7. The Balaban J connectivity index is 1.08. The number of rotatable bonds is 10. The van der Waals surface area contributed by atoms with Crippen molar-refractivity contribution < 1.29 is 19.1 Å². The minimum atomic E-state index is -0.230. The molecule has 4 heterocycles. The third-order valence-corrected chi connectivity index (χ3v) is 11.4. The summed E-state index contributed by atoms with van der Waals surface area (Å²) in [5.74, 6) is 1.61. The van der Waals surface area contributed by atoms with Gasteiger partial charge in [0, 0.05) is 73.6 Å². The summed E-state index contributed by atoms with van der Waals surface area (Å²) in [6.45, 7) is 21.0. The number of carbonyl (C=O) groups excluding carboxylic acids is 2. The van der Waals surface area contributed by atoms with Crippen LogP contribution in [-0.2, 0) is 26.2 Å². The lowest BCUT2D eigenvalue weighted by Gasteiger charge is -2.56. The van der Waals surface area contributed by atoms with E-state index >= 15 is 0 Å². The van der Waals surface area contributed by atoms with Gasteiger partial charge in [0.25, 0.3) is 0 Å². The molecule has 2 saturated heterocycles. The SMILES string of the molecule is COc1ccc(CNC(=O)N2CC3(C)CN(C(=O)NCc4ccc(OC)c(Cn5cc(C)c(C)n5)c4C)CC(C)(C2)C3)c(C)c1Cn1cc(C)c(C)n1. The molecular weight excluding hydrogens is 669 g/mol. The Morgan fingerprint density at radius 2 is 1.04 bits per heavy atom. The zero-order chi connectivity index (χ0) is 38.2. The molecule has 12 heteroatoms. The number of nitrogens with one attached hydrogen (secondary N) is 2. The number of urea groups is 2. The van der Waals surface area contributed by atoms with Gasteiger partial charge in [0.1, 0.15) is 11.5 Å². The number of fused-ring (bicyclic) bond motifs is 2. The summed E-state index contributed by atoms with van der Waals surface area (Å²) in [5, 5.41) is 15.7. The number of carbonyl (C=O) groups is 2.